The second-order valence-electron chi connectivity index (χ2n) is 12.9. The summed E-state index contributed by atoms with van der Waals surface area (Å²) >= 11 is 0. The van der Waals surface area contributed by atoms with Gasteiger partial charge in [0.1, 0.15) is 11.1 Å². The summed E-state index contributed by atoms with van der Waals surface area (Å²) in [7, 11) is 5.44. The number of hydrogen-bond donors (Lipinski definition) is 1. The van der Waals surface area contributed by atoms with Crippen molar-refractivity contribution in [1.29, 1.82) is 0 Å². The summed E-state index contributed by atoms with van der Waals surface area (Å²) in [6, 6.07) is 31.5. The normalized spacial score (nSPS) is 15.7. The van der Waals surface area contributed by atoms with Crippen LogP contribution in [0.3, 0.4) is 0 Å². The topological polar surface area (TPSA) is 74.7 Å². The van der Waals surface area contributed by atoms with Crippen LogP contribution < -0.4 is 5.32 Å². The highest BCUT2D eigenvalue weighted by atomic mass is 16.2. The summed E-state index contributed by atoms with van der Waals surface area (Å²) in [5, 5.41) is 6.14. The number of carbonyl (C=O) groups is 3. The van der Waals surface area contributed by atoms with Gasteiger partial charge in [-0.15, -0.1) is 0 Å². The van der Waals surface area contributed by atoms with Crippen molar-refractivity contribution in [2.24, 2.45) is 7.05 Å². The molecule has 4 aromatic carbocycles. The number of carbonyl (C=O) groups excluding carboxylic acids is 3. The number of amides is 3. The van der Waals surface area contributed by atoms with Crippen molar-refractivity contribution >= 4 is 39.4 Å². The SMILES string of the molecule is CN(Cc1ccccc1)C(=O)[C@](C)(NC(=O)C1(N(C)C(=O)c2cn(C)c3ccccc23)CCCCC1)c1ccc2ccccc2c1. The molecule has 236 valence electrons. The molecule has 0 spiro atoms. The van der Waals surface area contributed by atoms with Crippen LogP contribution in [0.4, 0.5) is 0 Å². The number of nitrogens with one attached hydrogen (secondary N) is 1. The molecule has 1 heterocycles. The van der Waals surface area contributed by atoms with Gasteiger partial charge in [-0.05, 0) is 53.8 Å². The van der Waals surface area contributed by atoms with Crippen molar-refractivity contribution in [2.75, 3.05) is 14.1 Å². The van der Waals surface area contributed by atoms with Crippen molar-refractivity contribution in [3.8, 4) is 0 Å². The molecule has 1 aromatic heterocycles. The fourth-order valence-corrected chi connectivity index (χ4v) is 7.14. The van der Waals surface area contributed by atoms with Crippen LogP contribution in [0.5, 0.6) is 0 Å². The molecule has 7 nitrogen and oxygen atoms in total. The predicted octanol–water partition coefficient (Wildman–Crippen LogP) is 6.80. The Morgan fingerprint density at radius 2 is 1.48 bits per heavy atom. The number of nitrogens with zero attached hydrogens (tertiary/aromatic N) is 3. The molecule has 1 atom stereocenters. The molecule has 46 heavy (non-hydrogen) atoms. The van der Waals surface area contributed by atoms with E-state index in [4.69, 9.17) is 0 Å². The lowest BCUT2D eigenvalue weighted by molar-refractivity contribution is -0.145. The van der Waals surface area contributed by atoms with Gasteiger partial charge in [-0.1, -0.05) is 104 Å². The second kappa shape index (κ2) is 12.5. The zero-order chi connectivity index (χ0) is 32.5. The Labute approximate surface area is 270 Å². The first-order chi connectivity index (χ1) is 22.1. The van der Waals surface area contributed by atoms with Gasteiger partial charge in [0.2, 0.25) is 5.91 Å². The van der Waals surface area contributed by atoms with E-state index in [2.05, 4.69) is 5.32 Å². The van der Waals surface area contributed by atoms with Crippen molar-refractivity contribution in [3.63, 3.8) is 0 Å². The Morgan fingerprint density at radius 1 is 0.826 bits per heavy atom. The highest BCUT2D eigenvalue weighted by Gasteiger charge is 2.50. The first-order valence-electron chi connectivity index (χ1n) is 16.1. The van der Waals surface area contributed by atoms with E-state index < -0.39 is 11.1 Å². The molecule has 5 aromatic rings. The Morgan fingerprint density at radius 3 is 2.22 bits per heavy atom. The third-order valence-electron chi connectivity index (χ3n) is 9.90. The van der Waals surface area contributed by atoms with E-state index in [9.17, 15) is 14.4 Å². The molecule has 1 N–H and O–H groups in total. The van der Waals surface area contributed by atoms with Gasteiger partial charge >= 0.3 is 0 Å². The van der Waals surface area contributed by atoms with Gasteiger partial charge in [0, 0.05) is 44.8 Å². The van der Waals surface area contributed by atoms with E-state index in [1.54, 1.807) is 30.8 Å². The van der Waals surface area contributed by atoms with Crippen LogP contribution >= 0.6 is 0 Å². The number of fused-ring (bicyclic) bond motifs is 2. The van der Waals surface area contributed by atoms with E-state index in [0.29, 0.717) is 30.5 Å². The average molecular weight is 615 g/mol. The third kappa shape index (κ3) is 5.55. The smallest absolute Gasteiger partial charge is 0.256 e. The number of likely N-dealkylation sites (N-methyl/N-ethyl adjacent to an activating group) is 2. The number of para-hydroxylation sites is 1. The van der Waals surface area contributed by atoms with E-state index in [1.807, 2.05) is 115 Å². The maximum atomic E-state index is 14.8. The minimum atomic E-state index is -1.39. The van der Waals surface area contributed by atoms with E-state index in [0.717, 1.165) is 46.5 Å². The molecule has 0 aliphatic heterocycles. The van der Waals surface area contributed by atoms with Crippen LogP contribution in [0.15, 0.2) is 103 Å². The van der Waals surface area contributed by atoms with Gasteiger partial charge in [-0.3, -0.25) is 14.4 Å². The van der Waals surface area contributed by atoms with Crippen LogP contribution in [0.25, 0.3) is 21.7 Å². The maximum absolute atomic E-state index is 14.8. The van der Waals surface area contributed by atoms with Crippen molar-refractivity contribution in [1.82, 2.24) is 19.7 Å². The van der Waals surface area contributed by atoms with Gasteiger partial charge in [0.25, 0.3) is 11.8 Å². The molecule has 0 saturated heterocycles. The standard InChI is InChI=1S/C39H42N4O3/c1-38(31-22-21-29-17-9-10-18-30(29)25-31,37(46)42(3)26-28-15-7-5-8-16-28)40-36(45)39(23-13-6-14-24-39)43(4)35(44)33-27-41(2)34-20-12-11-19-32(33)34/h5,7-12,15-22,25,27H,6,13-14,23-24,26H2,1-4H3,(H,40,45)/t38-/m1/s1. The van der Waals surface area contributed by atoms with Crippen molar-refractivity contribution in [3.05, 3.63) is 120 Å². The number of benzene rings is 4. The van der Waals surface area contributed by atoms with Gasteiger partial charge in [0.05, 0.1) is 5.56 Å². The summed E-state index contributed by atoms with van der Waals surface area (Å²) in [6.45, 7) is 2.19. The summed E-state index contributed by atoms with van der Waals surface area (Å²) in [6.07, 6.45) is 5.51. The molecule has 7 heteroatoms. The zero-order valence-corrected chi connectivity index (χ0v) is 27.1. The minimum Gasteiger partial charge on any atom is -0.350 e. The molecule has 1 saturated carbocycles. The van der Waals surface area contributed by atoms with Gasteiger partial charge < -0.3 is 19.7 Å². The molecular formula is C39H42N4O3. The average Bonchev–Trinajstić information content (AvgIpc) is 3.43. The largest absolute Gasteiger partial charge is 0.350 e. The molecule has 0 bridgehead atoms. The Balaban J connectivity index is 1.39. The van der Waals surface area contributed by atoms with E-state index >= 15 is 0 Å². The predicted molar refractivity (Wildman–Crippen MR) is 183 cm³/mol. The lowest BCUT2D eigenvalue weighted by atomic mass is 9.78. The lowest BCUT2D eigenvalue weighted by Gasteiger charge is -2.45. The molecule has 1 aliphatic rings. The first-order valence-corrected chi connectivity index (χ1v) is 16.1. The second-order valence-corrected chi connectivity index (χ2v) is 12.9. The Kier molecular flexibility index (Phi) is 8.43. The fourth-order valence-electron chi connectivity index (χ4n) is 7.14. The van der Waals surface area contributed by atoms with Crippen LogP contribution in [0, 0.1) is 0 Å². The number of aryl methyl sites for hydroxylation is 1. The summed E-state index contributed by atoms with van der Waals surface area (Å²) in [4.78, 5) is 46.9. The molecule has 6 rings (SSSR count). The third-order valence-corrected chi connectivity index (χ3v) is 9.90. The number of rotatable bonds is 8. The molecule has 0 radical (unpaired) electrons. The number of hydrogen-bond acceptors (Lipinski definition) is 3. The van der Waals surface area contributed by atoms with Crippen LogP contribution in [0.1, 0.15) is 60.5 Å². The van der Waals surface area contributed by atoms with Gasteiger partial charge in [0.15, 0.2) is 0 Å². The quantitative estimate of drug-likeness (QED) is 0.209. The fraction of sp³-hybridized carbons (Fsp3) is 0.308. The summed E-state index contributed by atoms with van der Waals surface area (Å²) in [5.41, 5.74) is 0.709. The Bertz CT molecular complexity index is 1910. The minimum absolute atomic E-state index is 0.200. The summed E-state index contributed by atoms with van der Waals surface area (Å²) in [5.74, 6) is -0.733. The monoisotopic (exact) mass is 614 g/mol. The zero-order valence-electron chi connectivity index (χ0n) is 27.1. The van der Waals surface area contributed by atoms with E-state index in [-0.39, 0.29) is 17.7 Å². The molecular weight excluding hydrogens is 572 g/mol. The maximum Gasteiger partial charge on any atom is 0.256 e. The molecule has 3 amide bonds. The molecule has 0 unspecified atom stereocenters. The van der Waals surface area contributed by atoms with Crippen molar-refractivity contribution < 1.29 is 14.4 Å². The van der Waals surface area contributed by atoms with Crippen LogP contribution in [0.2, 0.25) is 0 Å². The van der Waals surface area contributed by atoms with Crippen LogP contribution in [-0.2, 0) is 28.7 Å². The van der Waals surface area contributed by atoms with Crippen LogP contribution in [-0.4, -0.2) is 51.7 Å². The highest BCUT2D eigenvalue weighted by Crippen LogP contribution is 2.37. The highest BCUT2D eigenvalue weighted by molar-refractivity contribution is 6.09. The first kappa shape index (κ1) is 31.1. The van der Waals surface area contributed by atoms with Gasteiger partial charge in [-0.25, -0.2) is 0 Å². The molecule has 1 aliphatic carbocycles. The summed E-state index contributed by atoms with van der Waals surface area (Å²) < 4.78 is 1.95. The van der Waals surface area contributed by atoms with E-state index in [1.165, 1.54) is 0 Å². The van der Waals surface area contributed by atoms with Crippen molar-refractivity contribution in [2.45, 2.75) is 56.7 Å². The molecule has 1 fully saturated rings. The van der Waals surface area contributed by atoms with Gasteiger partial charge in [-0.2, -0.15) is 0 Å². The Hall–Kier alpha value is -4.91. The lowest BCUT2D eigenvalue weighted by Crippen LogP contribution is -2.65. The number of aromatic nitrogens is 1.